The standard InChI is InChI=1S/C23H27Cl2N3O3/c1-26(2)12-6-13-27(16-17-10-11-18(24)19(25)15-17)22(29)9-5-14-28-20-7-3-4-8-21(20)31-23(28)30/h3-4,7-8,10-11,15H,5-6,9,12-14,16H2,1-2H3. The molecule has 0 fully saturated rings. The summed E-state index contributed by atoms with van der Waals surface area (Å²) in [7, 11) is 4.02. The van der Waals surface area contributed by atoms with Crippen LogP contribution in [0.5, 0.6) is 0 Å². The van der Waals surface area contributed by atoms with Gasteiger partial charge in [-0.3, -0.25) is 9.36 Å². The summed E-state index contributed by atoms with van der Waals surface area (Å²) in [6.45, 7) is 2.44. The highest BCUT2D eigenvalue weighted by Crippen LogP contribution is 2.23. The van der Waals surface area contributed by atoms with Crippen LogP contribution < -0.4 is 5.76 Å². The maximum atomic E-state index is 13.0. The number of halogens is 2. The van der Waals surface area contributed by atoms with Gasteiger partial charge in [0.05, 0.1) is 15.6 Å². The molecule has 0 atom stereocenters. The van der Waals surface area contributed by atoms with E-state index in [9.17, 15) is 9.59 Å². The summed E-state index contributed by atoms with van der Waals surface area (Å²) in [6.07, 6.45) is 1.76. The first kappa shape index (κ1) is 23.4. The van der Waals surface area contributed by atoms with Crippen LogP contribution in [0.1, 0.15) is 24.8 Å². The van der Waals surface area contributed by atoms with Crippen LogP contribution in [-0.2, 0) is 17.9 Å². The molecule has 1 amide bonds. The smallest absolute Gasteiger partial charge is 0.408 e. The van der Waals surface area contributed by atoms with Gasteiger partial charge in [-0.25, -0.2) is 4.79 Å². The third-order valence-electron chi connectivity index (χ3n) is 5.09. The van der Waals surface area contributed by atoms with Crippen molar-refractivity contribution < 1.29 is 9.21 Å². The molecule has 6 nitrogen and oxygen atoms in total. The van der Waals surface area contributed by atoms with Gasteiger partial charge in [0.25, 0.3) is 0 Å². The van der Waals surface area contributed by atoms with Crippen molar-refractivity contribution in [1.82, 2.24) is 14.4 Å². The number of rotatable bonds is 10. The fraction of sp³-hybridized carbons (Fsp3) is 0.391. The Balaban J connectivity index is 1.64. The van der Waals surface area contributed by atoms with Gasteiger partial charge in [-0.15, -0.1) is 0 Å². The lowest BCUT2D eigenvalue weighted by Gasteiger charge is -2.24. The summed E-state index contributed by atoms with van der Waals surface area (Å²) < 4.78 is 6.84. The summed E-state index contributed by atoms with van der Waals surface area (Å²) in [5.41, 5.74) is 2.24. The van der Waals surface area contributed by atoms with Gasteiger partial charge in [0, 0.05) is 26.1 Å². The van der Waals surface area contributed by atoms with Crippen molar-refractivity contribution >= 4 is 40.2 Å². The zero-order chi connectivity index (χ0) is 22.4. The number of oxazole rings is 1. The predicted octanol–water partition coefficient (Wildman–Crippen LogP) is 4.66. The van der Waals surface area contributed by atoms with Gasteiger partial charge in [0.1, 0.15) is 0 Å². The number of hydrogen-bond donors (Lipinski definition) is 0. The van der Waals surface area contributed by atoms with Gasteiger partial charge < -0.3 is 14.2 Å². The summed E-state index contributed by atoms with van der Waals surface area (Å²) in [5.74, 6) is -0.349. The topological polar surface area (TPSA) is 58.7 Å². The molecule has 0 aliphatic carbocycles. The third-order valence-corrected chi connectivity index (χ3v) is 5.83. The van der Waals surface area contributed by atoms with E-state index < -0.39 is 5.76 Å². The maximum Gasteiger partial charge on any atom is 0.419 e. The van der Waals surface area contributed by atoms with Gasteiger partial charge in [-0.1, -0.05) is 41.4 Å². The SMILES string of the molecule is CN(C)CCCN(Cc1ccc(Cl)c(Cl)c1)C(=O)CCCn1c(=O)oc2ccccc21. The lowest BCUT2D eigenvalue weighted by atomic mass is 10.2. The summed E-state index contributed by atoms with van der Waals surface area (Å²) >= 11 is 12.2. The highest BCUT2D eigenvalue weighted by molar-refractivity contribution is 6.42. The molecule has 31 heavy (non-hydrogen) atoms. The fourth-order valence-corrected chi connectivity index (χ4v) is 3.82. The molecule has 0 unspecified atom stereocenters. The Hall–Kier alpha value is -2.28. The van der Waals surface area contributed by atoms with Crippen LogP contribution in [0.25, 0.3) is 11.1 Å². The van der Waals surface area contributed by atoms with Crippen molar-refractivity contribution in [2.45, 2.75) is 32.4 Å². The number of fused-ring (bicyclic) bond motifs is 1. The monoisotopic (exact) mass is 463 g/mol. The van der Waals surface area contributed by atoms with Crippen molar-refractivity contribution in [3.05, 3.63) is 68.6 Å². The molecular formula is C23H27Cl2N3O3. The van der Waals surface area contributed by atoms with E-state index in [1.54, 1.807) is 22.8 Å². The predicted molar refractivity (Wildman–Crippen MR) is 125 cm³/mol. The lowest BCUT2D eigenvalue weighted by molar-refractivity contribution is -0.132. The fourth-order valence-electron chi connectivity index (χ4n) is 3.50. The second-order valence-electron chi connectivity index (χ2n) is 7.81. The molecular weight excluding hydrogens is 437 g/mol. The minimum Gasteiger partial charge on any atom is -0.408 e. The van der Waals surface area contributed by atoms with E-state index in [4.69, 9.17) is 27.6 Å². The van der Waals surface area contributed by atoms with E-state index in [2.05, 4.69) is 4.90 Å². The summed E-state index contributed by atoms with van der Waals surface area (Å²) in [6, 6.07) is 12.7. The van der Waals surface area contributed by atoms with Crippen LogP contribution in [-0.4, -0.2) is 47.5 Å². The summed E-state index contributed by atoms with van der Waals surface area (Å²) in [5, 5.41) is 0.972. The van der Waals surface area contributed by atoms with Crippen molar-refractivity contribution in [2.24, 2.45) is 0 Å². The van der Waals surface area contributed by atoms with Crippen LogP contribution in [0.3, 0.4) is 0 Å². The molecule has 1 heterocycles. The minimum atomic E-state index is -0.396. The number of hydrogen-bond acceptors (Lipinski definition) is 4. The van der Waals surface area contributed by atoms with Crippen LogP contribution in [0, 0.1) is 0 Å². The van der Waals surface area contributed by atoms with Crippen LogP contribution in [0.4, 0.5) is 0 Å². The molecule has 0 aliphatic rings. The number of amides is 1. The first-order chi connectivity index (χ1) is 14.8. The van der Waals surface area contributed by atoms with Gasteiger partial charge in [0.2, 0.25) is 5.91 Å². The van der Waals surface area contributed by atoms with E-state index in [-0.39, 0.29) is 5.91 Å². The normalized spacial score (nSPS) is 11.4. The molecule has 0 N–H and O–H groups in total. The van der Waals surface area contributed by atoms with Gasteiger partial charge in [0.15, 0.2) is 5.58 Å². The number of carbonyl (C=O) groups excluding carboxylic acids is 1. The molecule has 0 radical (unpaired) electrons. The minimum absolute atomic E-state index is 0.0469. The number of aryl methyl sites for hydroxylation is 1. The molecule has 0 aliphatic heterocycles. The molecule has 166 valence electrons. The Morgan fingerprint density at radius 1 is 1.03 bits per heavy atom. The molecule has 3 rings (SSSR count). The van der Waals surface area contributed by atoms with Crippen molar-refractivity contribution in [3.63, 3.8) is 0 Å². The Bertz CT molecular complexity index is 1090. The van der Waals surface area contributed by atoms with E-state index in [0.29, 0.717) is 48.1 Å². The van der Waals surface area contributed by atoms with Crippen LogP contribution in [0.15, 0.2) is 51.7 Å². The van der Waals surface area contributed by atoms with Crippen molar-refractivity contribution in [2.75, 3.05) is 27.2 Å². The van der Waals surface area contributed by atoms with E-state index in [1.807, 2.05) is 43.3 Å². The quantitative estimate of drug-likeness (QED) is 0.438. The molecule has 3 aromatic rings. The van der Waals surface area contributed by atoms with Gasteiger partial charge >= 0.3 is 5.76 Å². The van der Waals surface area contributed by atoms with E-state index >= 15 is 0 Å². The second-order valence-corrected chi connectivity index (χ2v) is 8.63. The zero-order valence-corrected chi connectivity index (χ0v) is 19.3. The largest absolute Gasteiger partial charge is 0.419 e. The Morgan fingerprint density at radius 2 is 1.81 bits per heavy atom. The second kappa shape index (κ2) is 10.8. The average Bonchev–Trinajstić information content (AvgIpc) is 3.05. The number of carbonyl (C=O) groups is 1. The Kier molecular flexibility index (Phi) is 8.18. The van der Waals surface area contributed by atoms with Gasteiger partial charge in [-0.05, 0) is 63.3 Å². The number of para-hydroxylation sites is 2. The van der Waals surface area contributed by atoms with Gasteiger partial charge in [-0.2, -0.15) is 0 Å². The first-order valence-electron chi connectivity index (χ1n) is 10.3. The number of aromatic nitrogens is 1. The van der Waals surface area contributed by atoms with Crippen LogP contribution >= 0.6 is 23.2 Å². The highest BCUT2D eigenvalue weighted by Gasteiger charge is 2.16. The van der Waals surface area contributed by atoms with E-state index in [0.717, 1.165) is 24.0 Å². The number of nitrogens with zero attached hydrogens (tertiary/aromatic N) is 3. The van der Waals surface area contributed by atoms with Crippen molar-refractivity contribution in [3.8, 4) is 0 Å². The Morgan fingerprint density at radius 3 is 2.55 bits per heavy atom. The van der Waals surface area contributed by atoms with E-state index in [1.165, 1.54) is 0 Å². The van der Waals surface area contributed by atoms with Crippen molar-refractivity contribution in [1.29, 1.82) is 0 Å². The molecule has 0 saturated carbocycles. The molecule has 8 heteroatoms. The zero-order valence-electron chi connectivity index (χ0n) is 17.8. The molecule has 1 aromatic heterocycles. The lowest BCUT2D eigenvalue weighted by Crippen LogP contribution is -2.33. The summed E-state index contributed by atoms with van der Waals surface area (Å²) in [4.78, 5) is 29.1. The maximum absolute atomic E-state index is 13.0. The third kappa shape index (κ3) is 6.35. The molecule has 0 saturated heterocycles. The first-order valence-corrected chi connectivity index (χ1v) is 11.1. The van der Waals surface area contributed by atoms with Crippen LogP contribution in [0.2, 0.25) is 10.0 Å². The molecule has 0 bridgehead atoms. The average molecular weight is 464 g/mol. The number of benzene rings is 2. The molecule has 2 aromatic carbocycles. The molecule has 0 spiro atoms. The highest BCUT2D eigenvalue weighted by atomic mass is 35.5. The Labute approximate surface area is 191 Å².